The van der Waals surface area contributed by atoms with Crippen LogP contribution in [0.5, 0.6) is 0 Å². The van der Waals surface area contributed by atoms with Crippen LogP contribution in [0.2, 0.25) is 0 Å². The van der Waals surface area contributed by atoms with Crippen molar-refractivity contribution in [1.29, 1.82) is 0 Å². The largest absolute Gasteiger partial charge is 0.311 e. The Kier molecular flexibility index (Phi) is 5.10. The van der Waals surface area contributed by atoms with Gasteiger partial charge in [0.1, 0.15) is 0 Å². The molecule has 2 fully saturated rings. The van der Waals surface area contributed by atoms with Gasteiger partial charge in [-0.05, 0) is 55.8 Å². The van der Waals surface area contributed by atoms with Gasteiger partial charge < -0.3 is 10.2 Å². The molecule has 0 atom stereocenters. The number of hydrogen-bond donors (Lipinski definition) is 1. The van der Waals surface area contributed by atoms with Crippen LogP contribution in [0.3, 0.4) is 0 Å². The van der Waals surface area contributed by atoms with Crippen LogP contribution in [0.25, 0.3) is 0 Å². The van der Waals surface area contributed by atoms with Crippen molar-refractivity contribution in [2.24, 2.45) is 0 Å². The van der Waals surface area contributed by atoms with Gasteiger partial charge in [0.2, 0.25) is 0 Å². The Hall–Kier alpha value is -0.860. The maximum absolute atomic E-state index is 3.59. The molecule has 1 N–H and O–H groups in total. The predicted molar refractivity (Wildman–Crippen MR) is 85.0 cm³/mol. The highest BCUT2D eigenvalue weighted by molar-refractivity contribution is 5.27. The van der Waals surface area contributed by atoms with E-state index in [1.54, 1.807) is 5.56 Å². The first-order valence-electron chi connectivity index (χ1n) is 8.44. The predicted octanol–water partition coefficient (Wildman–Crippen LogP) is 3.53. The maximum atomic E-state index is 3.59. The summed E-state index contributed by atoms with van der Waals surface area (Å²) >= 11 is 0. The number of hydrogen-bond acceptors (Lipinski definition) is 2. The number of rotatable bonds is 6. The molecule has 1 saturated heterocycles. The van der Waals surface area contributed by atoms with Crippen molar-refractivity contribution in [3.8, 4) is 0 Å². The Bertz CT molecular complexity index is 386. The van der Waals surface area contributed by atoms with Crippen molar-refractivity contribution in [3.63, 3.8) is 0 Å². The number of nitrogens with one attached hydrogen (secondary N) is 1. The van der Waals surface area contributed by atoms with Gasteiger partial charge in [-0.3, -0.25) is 0 Å². The zero-order valence-corrected chi connectivity index (χ0v) is 12.6. The van der Waals surface area contributed by atoms with Gasteiger partial charge in [0.15, 0.2) is 0 Å². The quantitative estimate of drug-likeness (QED) is 0.797. The lowest BCUT2D eigenvalue weighted by atomic mass is 10.1. The van der Waals surface area contributed by atoms with Crippen molar-refractivity contribution in [1.82, 2.24) is 10.2 Å². The standard InChI is InChI=1S/C18H28N2/c1-2-4-13-20(12-3-1)14-11-19-15-16-5-7-17(8-6-16)18-9-10-18/h5-8,18-19H,1-4,9-15H2. The Morgan fingerprint density at radius 2 is 1.65 bits per heavy atom. The van der Waals surface area contributed by atoms with Gasteiger partial charge in [-0.15, -0.1) is 0 Å². The summed E-state index contributed by atoms with van der Waals surface area (Å²) < 4.78 is 0. The molecule has 1 heterocycles. The second kappa shape index (κ2) is 7.24. The minimum atomic E-state index is 0.875. The number of benzene rings is 1. The van der Waals surface area contributed by atoms with Gasteiger partial charge in [0, 0.05) is 19.6 Å². The van der Waals surface area contributed by atoms with Gasteiger partial charge in [0.25, 0.3) is 0 Å². The van der Waals surface area contributed by atoms with Gasteiger partial charge in [0.05, 0.1) is 0 Å². The van der Waals surface area contributed by atoms with Gasteiger partial charge in [-0.1, -0.05) is 37.1 Å². The van der Waals surface area contributed by atoms with Crippen LogP contribution in [0, 0.1) is 0 Å². The van der Waals surface area contributed by atoms with Gasteiger partial charge >= 0.3 is 0 Å². The summed E-state index contributed by atoms with van der Waals surface area (Å²) in [6.45, 7) is 5.94. The van der Waals surface area contributed by atoms with Crippen molar-refractivity contribution >= 4 is 0 Å². The van der Waals surface area contributed by atoms with Crippen molar-refractivity contribution < 1.29 is 0 Å². The molecule has 1 aliphatic heterocycles. The first-order chi connectivity index (χ1) is 9.92. The lowest BCUT2D eigenvalue weighted by Gasteiger charge is -2.19. The zero-order chi connectivity index (χ0) is 13.6. The lowest BCUT2D eigenvalue weighted by Crippen LogP contribution is -2.32. The Balaban J connectivity index is 1.34. The average molecular weight is 272 g/mol. The van der Waals surface area contributed by atoms with E-state index in [1.165, 1.54) is 63.7 Å². The highest BCUT2D eigenvalue weighted by atomic mass is 15.1. The summed E-state index contributed by atoms with van der Waals surface area (Å²) in [5, 5.41) is 3.59. The Morgan fingerprint density at radius 1 is 0.950 bits per heavy atom. The monoisotopic (exact) mass is 272 g/mol. The van der Waals surface area contributed by atoms with E-state index in [1.807, 2.05) is 0 Å². The summed E-state index contributed by atoms with van der Waals surface area (Å²) in [5.74, 6) is 0.875. The normalized spacial score (nSPS) is 20.8. The van der Waals surface area contributed by atoms with Crippen LogP contribution in [0.1, 0.15) is 55.6 Å². The third-order valence-corrected chi connectivity index (χ3v) is 4.66. The smallest absolute Gasteiger partial charge is 0.0206 e. The van der Waals surface area contributed by atoms with Crippen LogP contribution in [0.15, 0.2) is 24.3 Å². The topological polar surface area (TPSA) is 15.3 Å². The molecule has 2 heteroatoms. The molecule has 1 aromatic rings. The Labute approximate surface area is 123 Å². The van der Waals surface area contributed by atoms with Gasteiger partial charge in [-0.25, -0.2) is 0 Å². The van der Waals surface area contributed by atoms with Crippen molar-refractivity contribution in [2.75, 3.05) is 26.2 Å². The number of nitrogens with zero attached hydrogens (tertiary/aromatic N) is 1. The molecule has 1 aliphatic carbocycles. The molecule has 2 aliphatic rings. The number of likely N-dealkylation sites (tertiary alicyclic amines) is 1. The molecule has 0 aromatic heterocycles. The minimum Gasteiger partial charge on any atom is -0.311 e. The summed E-state index contributed by atoms with van der Waals surface area (Å²) in [6, 6.07) is 9.24. The van der Waals surface area contributed by atoms with Gasteiger partial charge in [-0.2, -0.15) is 0 Å². The van der Waals surface area contributed by atoms with E-state index >= 15 is 0 Å². The van der Waals surface area contributed by atoms with Crippen LogP contribution in [-0.4, -0.2) is 31.1 Å². The molecule has 2 nitrogen and oxygen atoms in total. The fourth-order valence-electron chi connectivity index (χ4n) is 3.15. The Morgan fingerprint density at radius 3 is 2.30 bits per heavy atom. The van der Waals surface area contributed by atoms with Crippen molar-refractivity contribution in [2.45, 2.75) is 51.0 Å². The fourth-order valence-corrected chi connectivity index (χ4v) is 3.15. The molecular formula is C18H28N2. The molecule has 0 amide bonds. The third kappa shape index (κ3) is 4.32. The molecule has 110 valence electrons. The molecular weight excluding hydrogens is 244 g/mol. The zero-order valence-electron chi connectivity index (χ0n) is 12.6. The van der Waals surface area contributed by atoms with Crippen LogP contribution in [-0.2, 0) is 6.54 Å². The summed E-state index contributed by atoms with van der Waals surface area (Å²) in [4.78, 5) is 2.62. The first kappa shape index (κ1) is 14.1. The maximum Gasteiger partial charge on any atom is 0.0206 e. The highest BCUT2D eigenvalue weighted by Gasteiger charge is 2.22. The van der Waals surface area contributed by atoms with E-state index in [0.717, 1.165) is 19.0 Å². The molecule has 20 heavy (non-hydrogen) atoms. The van der Waals surface area contributed by atoms with E-state index in [0.29, 0.717) is 0 Å². The lowest BCUT2D eigenvalue weighted by molar-refractivity contribution is 0.284. The average Bonchev–Trinajstić information content (AvgIpc) is 3.31. The highest BCUT2D eigenvalue weighted by Crippen LogP contribution is 2.39. The fraction of sp³-hybridized carbons (Fsp3) is 0.667. The van der Waals surface area contributed by atoms with E-state index < -0.39 is 0 Å². The minimum absolute atomic E-state index is 0.875. The van der Waals surface area contributed by atoms with Crippen LogP contribution >= 0.6 is 0 Å². The molecule has 1 saturated carbocycles. The molecule has 3 rings (SSSR count). The van der Waals surface area contributed by atoms with E-state index in [2.05, 4.69) is 34.5 Å². The second-order valence-electron chi connectivity index (χ2n) is 6.45. The third-order valence-electron chi connectivity index (χ3n) is 4.66. The van der Waals surface area contributed by atoms with E-state index in [-0.39, 0.29) is 0 Å². The molecule has 0 unspecified atom stereocenters. The van der Waals surface area contributed by atoms with Crippen LogP contribution < -0.4 is 5.32 Å². The molecule has 0 radical (unpaired) electrons. The second-order valence-corrected chi connectivity index (χ2v) is 6.45. The molecule has 1 aromatic carbocycles. The first-order valence-corrected chi connectivity index (χ1v) is 8.44. The van der Waals surface area contributed by atoms with E-state index in [4.69, 9.17) is 0 Å². The molecule has 0 bridgehead atoms. The van der Waals surface area contributed by atoms with Crippen molar-refractivity contribution in [3.05, 3.63) is 35.4 Å². The summed E-state index contributed by atoms with van der Waals surface area (Å²) in [6.07, 6.45) is 8.43. The van der Waals surface area contributed by atoms with E-state index in [9.17, 15) is 0 Å². The SMILES string of the molecule is c1cc(C2CC2)ccc1CNCCN1CCCCCC1. The van der Waals surface area contributed by atoms with Crippen LogP contribution in [0.4, 0.5) is 0 Å². The summed E-state index contributed by atoms with van der Waals surface area (Å²) in [7, 11) is 0. The molecule has 0 spiro atoms. The summed E-state index contributed by atoms with van der Waals surface area (Å²) in [5.41, 5.74) is 2.96.